The Labute approximate surface area is 192 Å². The summed E-state index contributed by atoms with van der Waals surface area (Å²) in [6.07, 6.45) is 4.93. The number of ether oxygens (including phenoxy) is 1. The number of aryl methyl sites for hydroxylation is 2. The second-order valence-corrected chi connectivity index (χ2v) is 10.2. The lowest BCUT2D eigenvalue weighted by molar-refractivity contribution is 0.0252. The summed E-state index contributed by atoms with van der Waals surface area (Å²) in [5.41, 5.74) is 8.86. The largest absolute Gasteiger partial charge is 0.381 e. The number of rotatable bonds is 4. The molecule has 5 rings (SSSR count). The molecule has 0 unspecified atom stereocenters. The minimum Gasteiger partial charge on any atom is -0.381 e. The van der Waals surface area contributed by atoms with Crippen molar-refractivity contribution in [3.8, 4) is 11.3 Å². The van der Waals surface area contributed by atoms with Crippen LogP contribution in [0.5, 0.6) is 0 Å². The Hall–Kier alpha value is -2.17. The molecule has 0 saturated carbocycles. The van der Waals surface area contributed by atoms with Crippen LogP contribution in [-0.4, -0.2) is 47.2 Å². The van der Waals surface area contributed by atoms with Gasteiger partial charge in [-0.15, -0.1) is 0 Å². The van der Waals surface area contributed by atoms with Crippen LogP contribution in [0.4, 0.5) is 0 Å². The fourth-order valence-corrected chi connectivity index (χ4v) is 5.94. The Morgan fingerprint density at radius 2 is 1.66 bits per heavy atom. The lowest BCUT2D eigenvalue weighted by atomic mass is 9.86. The molecule has 0 radical (unpaired) electrons. The maximum atomic E-state index is 5.57. The number of hydrogen-bond acceptors (Lipinski definition) is 3. The number of likely N-dealkylation sites (tertiary alicyclic amines) is 1. The number of H-pyrrole nitrogens is 1. The maximum Gasteiger partial charge on any atom is 0.0501 e. The van der Waals surface area contributed by atoms with Gasteiger partial charge in [-0.1, -0.05) is 19.9 Å². The topological polar surface area (TPSA) is 41.2 Å². The molecular weight excluding hydrogens is 394 g/mol. The molecule has 1 aromatic carbocycles. The number of piperidine rings is 1. The van der Waals surface area contributed by atoms with E-state index < -0.39 is 0 Å². The Balaban J connectivity index is 1.43. The van der Waals surface area contributed by atoms with E-state index in [1.807, 2.05) is 0 Å². The summed E-state index contributed by atoms with van der Waals surface area (Å²) in [7, 11) is 0. The predicted octanol–water partition coefficient (Wildman–Crippen LogP) is 6.33. The monoisotopic (exact) mass is 431 g/mol. The third-order valence-electron chi connectivity index (χ3n) is 7.52. The van der Waals surface area contributed by atoms with Crippen molar-refractivity contribution in [2.24, 2.45) is 0 Å². The summed E-state index contributed by atoms with van der Waals surface area (Å²) in [5, 5.41) is 1.39. The van der Waals surface area contributed by atoms with E-state index in [2.05, 4.69) is 72.9 Å². The minimum atomic E-state index is 0.457. The van der Waals surface area contributed by atoms with Gasteiger partial charge < -0.3 is 14.6 Å². The maximum absolute atomic E-state index is 5.57. The number of aromatic nitrogens is 2. The molecule has 4 heterocycles. The van der Waals surface area contributed by atoms with Crippen molar-refractivity contribution in [3.63, 3.8) is 0 Å². The molecule has 32 heavy (non-hydrogen) atoms. The molecule has 3 aromatic rings. The first-order valence-electron chi connectivity index (χ1n) is 12.4. The van der Waals surface area contributed by atoms with E-state index in [0.29, 0.717) is 11.8 Å². The van der Waals surface area contributed by atoms with Gasteiger partial charge in [-0.2, -0.15) is 0 Å². The Morgan fingerprint density at radius 1 is 0.969 bits per heavy atom. The number of pyridine rings is 1. The normalized spacial score (nSPS) is 19.3. The second-order valence-electron chi connectivity index (χ2n) is 10.2. The third-order valence-corrected chi connectivity index (χ3v) is 7.52. The second kappa shape index (κ2) is 8.99. The van der Waals surface area contributed by atoms with Crippen LogP contribution < -0.4 is 0 Å². The average molecular weight is 432 g/mol. The highest BCUT2D eigenvalue weighted by Gasteiger charge is 2.27. The van der Waals surface area contributed by atoms with Crippen molar-refractivity contribution in [1.29, 1.82) is 0 Å². The van der Waals surface area contributed by atoms with Crippen LogP contribution in [0.3, 0.4) is 0 Å². The van der Waals surface area contributed by atoms with Gasteiger partial charge in [0.15, 0.2) is 0 Å². The van der Waals surface area contributed by atoms with E-state index in [0.717, 1.165) is 30.6 Å². The fourth-order valence-electron chi connectivity index (χ4n) is 5.94. The smallest absolute Gasteiger partial charge is 0.0501 e. The van der Waals surface area contributed by atoms with Gasteiger partial charge in [0.2, 0.25) is 0 Å². The highest BCUT2D eigenvalue weighted by molar-refractivity contribution is 5.92. The lowest BCUT2D eigenvalue weighted by Gasteiger charge is -2.39. The first kappa shape index (κ1) is 21.7. The van der Waals surface area contributed by atoms with Crippen LogP contribution in [-0.2, 0) is 4.74 Å². The summed E-state index contributed by atoms with van der Waals surface area (Å²) < 4.78 is 5.57. The van der Waals surface area contributed by atoms with E-state index in [-0.39, 0.29) is 0 Å². The van der Waals surface area contributed by atoms with Crippen LogP contribution in [0.15, 0.2) is 30.3 Å². The summed E-state index contributed by atoms with van der Waals surface area (Å²) in [6, 6.07) is 12.3. The van der Waals surface area contributed by atoms with Crippen LogP contribution in [0.25, 0.3) is 22.2 Å². The van der Waals surface area contributed by atoms with E-state index in [1.165, 1.54) is 72.1 Å². The van der Waals surface area contributed by atoms with Crippen molar-refractivity contribution in [1.82, 2.24) is 14.9 Å². The summed E-state index contributed by atoms with van der Waals surface area (Å²) in [6.45, 7) is 13.1. The molecule has 2 aliphatic rings. The highest BCUT2D eigenvalue weighted by Crippen LogP contribution is 2.39. The number of aromatic amines is 1. The number of fused-ring (bicyclic) bond motifs is 1. The molecule has 0 spiro atoms. The predicted molar refractivity (Wildman–Crippen MR) is 132 cm³/mol. The Morgan fingerprint density at radius 3 is 2.31 bits per heavy atom. The van der Waals surface area contributed by atoms with Crippen LogP contribution in [0.2, 0.25) is 0 Å². The van der Waals surface area contributed by atoms with E-state index in [9.17, 15) is 0 Å². The van der Waals surface area contributed by atoms with Gasteiger partial charge in [0.1, 0.15) is 0 Å². The molecule has 2 fully saturated rings. The SMILES string of the molecule is Cc1cc(-c2[nH]c3ccc(C4CCN(C5CCOCC5)CC4)cc3c2C(C)C)cc(C)n1. The quantitative estimate of drug-likeness (QED) is 0.525. The molecule has 0 bridgehead atoms. The number of nitrogens with zero attached hydrogens (tertiary/aromatic N) is 2. The van der Waals surface area contributed by atoms with Crippen molar-refractivity contribution in [2.45, 2.75) is 71.3 Å². The van der Waals surface area contributed by atoms with Gasteiger partial charge >= 0.3 is 0 Å². The average Bonchev–Trinajstić information content (AvgIpc) is 3.18. The van der Waals surface area contributed by atoms with E-state index in [4.69, 9.17) is 4.74 Å². The molecule has 2 aromatic heterocycles. The molecule has 4 nitrogen and oxygen atoms in total. The van der Waals surface area contributed by atoms with Gasteiger partial charge in [0.05, 0.1) is 5.69 Å². The zero-order chi connectivity index (χ0) is 22.2. The molecule has 4 heteroatoms. The Kier molecular flexibility index (Phi) is 6.09. The Bertz CT molecular complexity index is 1070. The van der Waals surface area contributed by atoms with Gasteiger partial charge in [-0.05, 0) is 99.8 Å². The van der Waals surface area contributed by atoms with Crippen LogP contribution in [0, 0.1) is 13.8 Å². The van der Waals surface area contributed by atoms with Gasteiger partial charge in [-0.25, -0.2) is 0 Å². The van der Waals surface area contributed by atoms with Crippen molar-refractivity contribution >= 4 is 10.9 Å². The first-order chi connectivity index (χ1) is 15.5. The minimum absolute atomic E-state index is 0.457. The zero-order valence-electron chi connectivity index (χ0n) is 20.1. The lowest BCUT2D eigenvalue weighted by Crippen LogP contribution is -2.43. The van der Waals surface area contributed by atoms with Crippen molar-refractivity contribution in [3.05, 3.63) is 52.8 Å². The summed E-state index contributed by atoms with van der Waals surface area (Å²) in [4.78, 5) is 11.0. The van der Waals surface area contributed by atoms with Gasteiger partial charge in [0, 0.05) is 47.1 Å². The molecule has 2 aliphatic heterocycles. The van der Waals surface area contributed by atoms with E-state index >= 15 is 0 Å². The molecule has 0 amide bonds. The molecule has 1 N–H and O–H groups in total. The molecule has 0 aliphatic carbocycles. The fraction of sp³-hybridized carbons (Fsp3) is 0.536. The summed E-state index contributed by atoms with van der Waals surface area (Å²) in [5.74, 6) is 1.12. The zero-order valence-corrected chi connectivity index (χ0v) is 20.1. The number of hydrogen-bond donors (Lipinski definition) is 1. The number of nitrogens with one attached hydrogen (secondary N) is 1. The van der Waals surface area contributed by atoms with Gasteiger partial charge in [0.25, 0.3) is 0 Å². The number of benzene rings is 1. The third kappa shape index (κ3) is 4.23. The highest BCUT2D eigenvalue weighted by atomic mass is 16.5. The molecular formula is C28H37N3O. The van der Waals surface area contributed by atoms with Crippen LogP contribution in [0.1, 0.15) is 73.9 Å². The molecule has 0 atom stereocenters. The summed E-state index contributed by atoms with van der Waals surface area (Å²) >= 11 is 0. The van der Waals surface area contributed by atoms with Crippen molar-refractivity contribution < 1.29 is 4.74 Å². The van der Waals surface area contributed by atoms with Crippen LogP contribution >= 0.6 is 0 Å². The molecule has 2 saturated heterocycles. The van der Waals surface area contributed by atoms with Crippen molar-refractivity contribution in [2.75, 3.05) is 26.3 Å². The first-order valence-corrected chi connectivity index (χ1v) is 12.4. The van der Waals surface area contributed by atoms with E-state index in [1.54, 1.807) is 0 Å². The standard InChI is InChI=1S/C28H37N3O/c1-18(2)27-25-17-22(21-7-11-31(12-8-21)24-9-13-32-14-10-24)5-6-26(25)30-28(27)23-15-19(3)29-20(4)16-23/h5-6,15-18,21,24,30H,7-14H2,1-4H3. The van der Waals surface area contributed by atoms with Gasteiger partial charge in [-0.3, -0.25) is 4.98 Å². The molecule has 170 valence electrons.